The number of aromatic nitrogens is 1. The molecule has 3 aromatic rings. The van der Waals surface area contributed by atoms with E-state index in [1.54, 1.807) is 26.4 Å². The number of nitrogens with zero attached hydrogens (tertiary/aromatic N) is 1. The Bertz CT molecular complexity index is 829. The van der Waals surface area contributed by atoms with E-state index >= 15 is 0 Å². The second kappa shape index (κ2) is 5.64. The summed E-state index contributed by atoms with van der Waals surface area (Å²) in [5.74, 6) is 1.00. The SMILES string of the molecule is COc1ccc2cc(C)nc(-c3ccc(F)cc3)c2c1OC. The van der Waals surface area contributed by atoms with Gasteiger partial charge < -0.3 is 9.47 Å². The first-order valence-corrected chi connectivity index (χ1v) is 6.92. The monoisotopic (exact) mass is 297 g/mol. The Hall–Kier alpha value is -2.62. The number of rotatable bonds is 3. The van der Waals surface area contributed by atoms with Gasteiger partial charge in [-0.1, -0.05) is 6.07 Å². The molecule has 1 heterocycles. The maximum absolute atomic E-state index is 13.2. The highest BCUT2D eigenvalue weighted by Gasteiger charge is 2.16. The largest absolute Gasteiger partial charge is 0.493 e. The molecule has 0 atom stereocenters. The number of fused-ring (bicyclic) bond motifs is 1. The molecule has 3 nitrogen and oxygen atoms in total. The Morgan fingerprint density at radius 2 is 1.68 bits per heavy atom. The summed E-state index contributed by atoms with van der Waals surface area (Å²) in [6, 6.07) is 12.1. The van der Waals surface area contributed by atoms with Crippen LogP contribution in [0.25, 0.3) is 22.0 Å². The van der Waals surface area contributed by atoms with Gasteiger partial charge in [0, 0.05) is 11.3 Å². The Labute approximate surface area is 128 Å². The lowest BCUT2D eigenvalue weighted by atomic mass is 10.0. The Kier molecular flexibility index (Phi) is 3.67. The third-order valence-corrected chi connectivity index (χ3v) is 3.58. The average molecular weight is 297 g/mol. The molecule has 2 aromatic carbocycles. The lowest BCUT2D eigenvalue weighted by molar-refractivity contribution is 0.358. The van der Waals surface area contributed by atoms with Crippen molar-refractivity contribution in [2.45, 2.75) is 6.92 Å². The lowest BCUT2D eigenvalue weighted by Gasteiger charge is -2.14. The van der Waals surface area contributed by atoms with Crippen LogP contribution in [0.2, 0.25) is 0 Å². The van der Waals surface area contributed by atoms with Crippen LogP contribution in [-0.2, 0) is 0 Å². The van der Waals surface area contributed by atoms with Gasteiger partial charge in [-0.05, 0) is 48.7 Å². The third-order valence-electron chi connectivity index (χ3n) is 3.58. The number of hydrogen-bond donors (Lipinski definition) is 0. The van der Waals surface area contributed by atoms with Gasteiger partial charge in [-0.2, -0.15) is 0 Å². The van der Waals surface area contributed by atoms with Crippen molar-refractivity contribution in [3.63, 3.8) is 0 Å². The summed E-state index contributed by atoms with van der Waals surface area (Å²) in [6.07, 6.45) is 0. The van der Waals surface area contributed by atoms with Crippen LogP contribution in [-0.4, -0.2) is 19.2 Å². The fraction of sp³-hybridized carbons (Fsp3) is 0.167. The van der Waals surface area contributed by atoms with Crippen molar-refractivity contribution < 1.29 is 13.9 Å². The van der Waals surface area contributed by atoms with E-state index in [2.05, 4.69) is 4.98 Å². The summed E-state index contributed by atoms with van der Waals surface area (Å²) in [6.45, 7) is 1.93. The Balaban J connectivity index is 2.39. The average Bonchev–Trinajstić information content (AvgIpc) is 2.53. The van der Waals surface area contributed by atoms with Crippen molar-refractivity contribution >= 4 is 10.8 Å². The molecule has 112 valence electrons. The maximum Gasteiger partial charge on any atom is 0.170 e. The normalized spacial score (nSPS) is 10.7. The molecule has 0 amide bonds. The van der Waals surface area contributed by atoms with Gasteiger partial charge in [0.25, 0.3) is 0 Å². The van der Waals surface area contributed by atoms with E-state index in [-0.39, 0.29) is 5.82 Å². The van der Waals surface area contributed by atoms with Gasteiger partial charge in [0.15, 0.2) is 11.5 Å². The zero-order chi connectivity index (χ0) is 15.7. The quantitative estimate of drug-likeness (QED) is 0.719. The van der Waals surface area contributed by atoms with E-state index in [1.807, 2.05) is 25.1 Å². The van der Waals surface area contributed by atoms with Crippen molar-refractivity contribution in [2.24, 2.45) is 0 Å². The van der Waals surface area contributed by atoms with Crippen LogP contribution >= 0.6 is 0 Å². The van der Waals surface area contributed by atoms with Gasteiger partial charge in [-0.3, -0.25) is 4.98 Å². The first-order valence-electron chi connectivity index (χ1n) is 6.92. The van der Waals surface area contributed by atoms with Gasteiger partial charge in [0.1, 0.15) is 5.82 Å². The molecule has 4 heteroatoms. The molecule has 22 heavy (non-hydrogen) atoms. The standard InChI is InChI=1S/C18H16FNO2/c1-11-10-13-6-9-15(21-2)18(22-3)16(13)17(20-11)12-4-7-14(19)8-5-12/h4-10H,1-3H3. The topological polar surface area (TPSA) is 31.4 Å². The van der Waals surface area contributed by atoms with Crippen molar-refractivity contribution in [2.75, 3.05) is 14.2 Å². The van der Waals surface area contributed by atoms with Gasteiger partial charge in [0.05, 0.1) is 25.3 Å². The van der Waals surface area contributed by atoms with E-state index in [1.165, 1.54) is 12.1 Å². The van der Waals surface area contributed by atoms with Crippen molar-refractivity contribution in [3.8, 4) is 22.8 Å². The molecule has 0 bridgehead atoms. The molecule has 0 radical (unpaired) electrons. The third kappa shape index (κ3) is 2.37. The Morgan fingerprint density at radius 1 is 0.955 bits per heavy atom. The molecule has 0 aliphatic heterocycles. The van der Waals surface area contributed by atoms with E-state index < -0.39 is 0 Å². The second-order valence-electron chi connectivity index (χ2n) is 5.02. The van der Waals surface area contributed by atoms with Crippen LogP contribution in [0, 0.1) is 12.7 Å². The molecule has 0 saturated heterocycles. The molecule has 1 aromatic heterocycles. The molecule has 0 spiro atoms. The molecule has 0 saturated carbocycles. The first kappa shape index (κ1) is 14.3. The van der Waals surface area contributed by atoms with Crippen molar-refractivity contribution in [1.82, 2.24) is 4.98 Å². The Morgan fingerprint density at radius 3 is 2.32 bits per heavy atom. The fourth-order valence-electron chi connectivity index (χ4n) is 2.61. The number of methoxy groups -OCH3 is 2. The van der Waals surface area contributed by atoms with Crippen molar-refractivity contribution in [3.05, 3.63) is 54.0 Å². The molecular weight excluding hydrogens is 281 g/mol. The van der Waals surface area contributed by atoms with Gasteiger partial charge in [0.2, 0.25) is 0 Å². The smallest absolute Gasteiger partial charge is 0.170 e. The van der Waals surface area contributed by atoms with Crippen LogP contribution in [0.15, 0.2) is 42.5 Å². The highest BCUT2D eigenvalue weighted by atomic mass is 19.1. The lowest BCUT2D eigenvalue weighted by Crippen LogP contribution is -1.96. The van der Waals surface area contributed by atoms with Crippen LogP contribution in [0.4, 0.5) is 4.39 Å². The number of benzene rings is 2. The van der Waals surface area contributed by atoms with Crippen LogP contribution < -0.4 is 9.47 Å². The van der Waals surface area contributed by atoms with E-state index in [0.29, 0.717) is 11.5 Å². The molecule has 0 fully saturated rings. The molecule has 0 aliphatic carbocycles. The summed E-state index contributed by atoms with van der Waals surface area (Å²) < 4.78 is 24.1. The number of pyridine rings is 1. The van der Waals surface area contributed by atoms with Crippen molar-refractivity contribution in [1.29, 1.82) is 0 Å². The maximum atomic E-state index is 13.2. The second-order valence-corrected chi connectivity index (χ2v) is 5.02. The number of ether oxygens (including phenoxy) is 2. The predicted molar refractivity (Wildman–Crippen MR) is 85.0 cm³/mol. The number of aryl methyl sites for hydroxylation is 1. The summed E-state index contributed by atoms with van der Waals surface area (Å²) in [7, 11) is 3.20. The zero-order valence-electron chi connectivity index (χ0n) is 12.7. The summed E-state index contributed by atoms with van der Waals surface area (Å²) >= 11 is 0. The highest BCUT2D eigenvalue weighted by molar-refractivity contribution is 6.01. The van der Waals surface area contributed by atoms with Crippen LogP contribution in [0.1, 0.15) is 5.69 Å². The summed E-state index contributed by atoms with van der Waals surface area (Å²) in [5, 5.41) is 1.86. The van der Waals surface area contributed by atoms with Gasteiger partial charge >= 0.3 is 0 Å². The fourth-order valence-corrected chi connectivity index (χ4v) is 2.61. The predicted octanol–water partition coefficient (Wildman–Crippen LogP) is 4.37. The van der Waals surface area contributed by atoms with Gasteiger partial charge in [-0.25, -0.2) is 4.39 Å². The van der Waals surface area contributed by atoms with Crippen LogP contribution in [0.5, 0.6) is 11.5 Å². The summed E-state index contributed by atoms with van der Waals surface area (Å²) in [4.78, 5) is 4.63. The van der Waals surface area contributed by atoms with Crippen LogP contribution in [0.3, 0.4) is 0 Å². The minimum absolute atomic E-state index is 0.273. The van der Waals surface area contributed by atoms with Gasteiger partial charge in [-0.15, -0.1) is 0 Å². The minimum Gasteiger partial charge on any atom is -0.493 e. The first-order chi connectivity index (χ1) is 10.6. The minimum atomic E-state index is -0.273. The number of halogens is 1. The molecule has 0 N–H and O–H groups in total. The van der Waals surface area contributed by atoms with E-state index in [4.69, 9.17) is 9.47 Å². The van der Waals surface area contributed by atoms with E-state index in [9.17, 15) is 4.39 Å². The molecule has 0 aliphatic rings. The number of hydrogen-bond acceptors (Lipinski definition) is 3. The molecular formula is C18H16FNO2. The molecule has 0 unspecified atom stereocenters. The molecule has 3 rings (SSSR count). The van der Waals surface area contributed by atoms with E-state index in [0.717, 1.165) is 27.7 Å². The zero-order valence-corrected chi connectivity index (χ0v) is 12.7. The highest BCUT2D eigenvalue weighted by Crippen LogP contribution is 2.40. The summed E-state index contributed by atoms with van der Waals surface area (Å²) in [5.41, 5.74) is 2.48.